The van der Waals surface area contributed by atoms with Gasteiger partial charge in [-0.05, 0) is 93.5 Å². The maximum atomic E-state index is 12.0. The van der Waals surface area contributed by atoms with Crippen LogP contribution < -0.4 is 5.32 Å². The molecule has 4 nitrogen and oxygen atoms in total. The van der Waals surface area contributed by atoms with E-state index >= 15 is 0 Å². The monoisotopic (exact) mass is 397 g/mol. The van der Waals surface area contributed by atoms with Gasteiger partial charge in [-0.25, -0.2) is 0 Å². The summed E-state index contributed by atoms with van der Waals surface area (Å²) < 4.78 is 4.95. The summed E-state index contributed by atoms with van der Waals surface area (Å²) in [5.41, 5.74) is 9.55. The van der Waals surface area contributed by atoms with Crippen molar-refractivity contribution < 1.29 is 14.6 Å². The van der Waals surface area contributed by atoms with E-state index in [9.17, 15) is 4.79 Å². The summed E-state index contributed by atoms with van der Waals surface area (Å²) >= 11 is 0. The molecule has 1 heterocycles. The fourth-order valence-electron chi connectivity index (χ4n) is 3.75. The van der Waals surface area contributed by atoms with Gasteiger partial charge in [0.1, 0.15) is 0 Å². The minimum Gasteiger partial charge on any atom is -0.469 e. The number of aryl methyl sites for hydroxylation is 1. The van der Waals surface area contributed by atoms with Gasteiger partial charge in [-0.2, -0.15) is 0 Å². The molecule has 0 aromatic heterocycles. The Bertz CT molecular complexity index is 855. The van der Waals surface area contributed by atoms with Crippen LogP contribution in [0, 0.1) is 20.8 Å². The van der Waals surface area contributed by atoms with Gasteiger partial charge in [0.05, 0.1) is 19.1 Å². The highest BCUT2D eigenvalue weighted by atomic mass is 16.5. The highest BCUT2D eigenvalue weighted by Crippen LogP contribution is 2.37. The van der Waals surface area contributed by atoms with Gasteiger partial charge in [0.15, 0.2) is 0 Å². The van der Waals surface area contributed by atoms with Crippen LogP contribution in [-0.4, -0.2) is 30.3 Å². The third-order valence-corrected chi connectivity index (χ3v) is 5.14. The lowest BCUT2D eigenvalue weighted by Gasteiger charge is -2.27. The Morgan fingerprint density at radius 2 is 1.66 bits per heavy atom. The van der Waals surface area contributed by atoms with Crippen LogP contribution >= 0.6 is 0 Å². The van der Waals surface area contributed by atoms with E-state index in [1.807, 2.05) is 0 Å². The minimum absolute atomic E-state index is 0.181. The van der Waals surface area contributed by atoms with E-state index in [1.54, 1.807) is 20.8 Å². The van der Waals surface area contributed by atoms with Crippen molar-refractivity contribution in [1.29, 1.82) is 0 Å². The molecule has 3 rings (SSSR count). The van der Waals surface area contributed by atoms with Crippen molar-refractivity contribution in [2.45, 2.75) is 66.5 Å². The molecule has 158 valence electrons. The third-order valence-electron chi connectivity index (χ3n) is 5.14. The molecule has 2 aromatic carbocycles. The second kappa shape index (κ2) is 9.55. The van der Waals surface area contributed by atoms with Crippen LogP contribution in [0.1, 0.15) is 54.2 Å². The first-order chi connectivity index (χ1) is 13.5. The van der Waals surface area contributed by atoms with E-state index in [0.29, 0.717) is 6.42 Å². The predicted molar refractivity (Wildman–Crippen MR) is 119 cm³/mol. The van der Waals surface area contributed by atoms with Gasteiger partial charge in [-0.15, -0.1) is 0 Å². The van der Waals surface area contributed by atoms with E-state index in [4.69, 9.17) is 9.84 Å². The number of benzene rings is 2. The lowest BCUT2D eigenvalue weighted by Crippen LogP contribution is -2.26. The maximum Gasteiger partial charge on any atom is 0.310 e. The van der Waals surface area contributed by atoms with Crippen LogP contribution in [-0.2, 0) is 28.9 Å². The Kier molecular flexibility index (Phi) is 7.61. The molecule has 0 bridgehead atoms. The van der Waals surface area contributed by atoms with Crippen molar-refractivity contribution in [3.8, 4) is 11.1 Å². The van der Waals surface area contributed by atoms with Crippen molar-refractivity contribution in [1.82, 2.24) is 5.32 Å². The van der Waals surface area contributed by atoms with Crippen molar-refractivity contribution in [3.05, 3.63) is 57.6 Å². The first-order valence-corrected chi connectivity index (χ1v) is 10.2. The minimum atomic E-state index is -0.500. The van der Waals surface area contributed by atoms with Gasteiger partial charge >= 0.3 is 5.97 Å². The molecule has 1 aliphatic rings. The zero-order valence-electron chi connectivity index (χ0n) is 18.9. The van der Waals surface area contributed by atoms with E-state index in [-0.39, 0.29) is 5.97 Å². The molecule has 1 aliphatic heterocycles. The number of hydrogen-bond acceptors (Lipinski definition) is 4. The standard InChI is InChI=1S/C21H25NO2.C4H10O/c1-13-5-7-16(8-6-13)21-15(3)19-12-22-10-9-17(19)14(2)18(21)11-20(23)24-4;1-4(2,3)5/h5-8,22H,9-12H2,1-4H3;5H,1-3H3. The van der Waals surface area contributed by atoms with Crippen LogP contribution in [0.2, 0.25) is 0 Å². The molecule has 0 saturated carbocycles. The maximum absolute atomic E-state index is 12.0. The Hall–Kier alpha value is -2.17. The fourth-order valence-corrected chi connectivity index (χ4v) is 3.75. The highest BCUT2D eigenvalue weighted by Gasteiger charge is 2.23. The van der Waals surface area contributed by atoms with Crippen LogP contribution in [0.25, 0.3) is 11.1 Å². The molecule has 0 radical (unpaired) electrons. The quantitative estimate of drug-likeness (QED) is 0.753. The average Bonchev–Trinajstić information content (AvgIpc) is 2.66. The number of esters is 1. The molecule has 0 saturated heterocycles. The second-order valence-electron chi connectivity index (χ2n) is 8.78. The summed E-state index contributed by atoms with van der Waals surface area (Å²) in [4.78, 5) is 12.0. The molecule has 0 amide bonds. The number of rotatable bonds is 3. The predicted octanol–water partition coefficient (Wildman–Crippen LogP) is 4.42. The summed E-state index contributed by atoms with van der Waals surface area (Å²) in [6.07, 6.45) is 1.34. The lowest BCUT2D eigenvalue weighted by atomic mass is 9.81. The Balaban J connectivity index is 0.000000537. The molecule has 4 heteroatoms. The molecular formula is C25H35NO3. The molecule has 2 aromatic rings. The number of ether oxygens (including phenoxy) is 1. The molecule has 0 aliphatic carbocycles. The fraction of sp³-hybridized carbons (Fsp3) is 0.480. The van der Waals surface area contributed by atoms with Crippen LogP contribution in [0.3, 0.4) is 0 Å². The van der Waals surface area contributed by atoms with Gasteiger partial charge in [-0.3, -0.25) is 4.79 Å². The topological polar surface area (TPSA) is 58.6 Å². The van der Waals surface area contributed by atoms with Crippen molar-refractivity contribution in [3.63, 3.8) is 0 Å². The molecule has 0 unspecified atom stereocenters. The van der Waals surface area contributed by atoms with Crippen molar-refractivity contribution in [2.24, 2.45) is 0 Å². The zero-order chi connectivity index (χ0) is 21.8. The van der Waals surface area contributed by atoms with Crippen molar-refractivity contribution in [2.75, 3.05) is 13.7 Å². The molecule has 0 atom stereocenters. The number of hydrogen-bond donors (Lipinski definition) is 2. The SMILES string of the molecule is CC(C)(C)O.COC(=O)Cc1c(C)c2c(c(C)c1-c1ccc(C)cc1)CNCC2. The molecule has 0 spiro atoms. The number of carbonyl (C=O) groups excluding carboxylic acids is 1. The van der Waals surface area contributed by atoms with Crippen LogP contribution in [0.5, 0.6) is 0 Å². The van der Waals surface area contributed by atoms with Gasteiger partial charge in [-0.1, -0.05) is 29.8 Å². The van der Waals surface area contributed by atoms with Gasteiger partial charge in [0.25, 0.3) is 0 Å². The first-order valence-electron chi connectivity index (χ1n) is 10.2. The van der Waals surface area contributed by atoms with Crippen LogP contribution in [0.15, 0.2) is 24.3 Å². The Labute approximate surface area is 175 Å². The molecule has 2 N–H and O–H groups in total. The number of fused-ring (bicyclic) bond motifs is 1. The van der Waals surface area contributed by atoms with Crippen molar-refractivity contribution >= 4 is 5.97 Å². The summed E-state index contributed by atoms with van der Waals surface area (Å²) in [6, 6.07) is 8.56. The summed E-state index contributed by atoms with van der Waals surface area (Å²) in [6.45, 7) is 13.6. The smallest absolute Gasteiger partial charge is 0.310 e. The Morgan fingerprint density at radius 3 is 2.21 bits per heavy atom. The molecule has 0 fully saturated rings. The largest absolute Gasteiger partial charge is 0.469 e. The second-order valence-corrected chi connectivity index (χ2v) is 8.78. The normalized spacial score (nSPS) is 13.2. The van der Waals surface area contributed by atoms with E-state index in [1.165, 1.54) is 46.1 Å². The molecule has 29 heavy (non-hydrogen) atoms. The first kappa shape index (κ1) is 23.1. The summed E-state index contributed by atoms with van der Waals surface area (Å²) in [5, 5.41) is 12.0. The Morgan fingerprint density at radius 1 is 1.07 bits per heavy atom. The number of nitrogens with one attached hydrogen (secondary N) is 1. The van der Waals surface area contributed by atoms with Gasteiger partial charge in [0, 0.05) is 6.54 Å². The van der Waals surface area contributed by atoms with E-state index < -0.39 is 5.60 Å². The van der Waals surface area contributed by atoms with E-state index in [2.05, 4.69) is 50.4 Å². The molecular weight excluding hydrogens is 362 g/mol. The number of methoxy groups -OCH3 is 1. The van der Waals surface area contributed by atoms with Gasteiger partial charge in [0.2, 0.25) is 0 Å². The van der Waals surface area contributed by atoms with Gasteiger partial charge < -0.3 is 15.2 Å². The van der Waals surface area contributed by atoms with Crippen LogP contribution in [0.4, 0.5) is 0 Å². The number of aliphatic hydroxyl groups is 1. The zero-order valence-corrected chi connectivity index (χ0v) is 18.9. The van der Waals surface area contributed by atoms with E-state index in [0.717, 1.165) is 25.1 Å². The number of carbonyl (C=O) groups is 1. The summed E-state index contributed by atoms with van der Waals surface area (Å²) in [5.74, 6) is -0.181. The average molecular weight is 398 g/mol. The highest BCUT2D eigenvalue weighted by molar-refractivity contribution is 5.82. The summed E-state index contributed by atoms with van der Waals surface area (Å²) in [7, 11) is 1.46. The third kappa shape index (κ3) is 6.15. The lowest BCUT2D eigenvalue weighted by molar-refractivity contribution is -0.139.